The minimum atomic E-state index is -0.858. The first-order valence-electron chi connectivity index (χ1n) is 4.11. The van der Waals surface area contributed by atoms with E-state index in [1.54, 1.807) is 0 Å². The van der Waals surface area contributed by atoms with E-state index in [4.69, 9.17) is 4.74 Å². The van der Waals surface area contributed by atoms with Crippen LogP contribution in [0.1, 0.15) is 6.42 Å². The molecule has 1 aliphatic rings. The third kappa shape index (κ3) is 3.26. The number of methoxy groups -OCH3 is 1. The SMILES string of the molecule is COC(=O)OC1=CC=C([N+](=O)[O-])CC=C1. The summed E-state index contributed by atoms with van der Waals surface area (Å²) in [6, 6.07) is 0. The predicted octanol–water partition coefficient (Wildman–Crippen LogP) is 1.77. The van der Waals surface area contributed by atoms with E-state index in [9.17, 15) is 14.9 Å². The highest BCUT2D eigenvalue weighted by molar-refractivity contribution is 5.62. The summed E-state index contributed by atoms with van der Waals surface area (Å²) < 4.78 is 8.97. The van der Waals surface area contributed by atoms with Crippen LogP contribution < -0.4 is 0 Å². The molecule has 15 heavy (non-hydrogen) atoms. The number of allylic oxidation sites excluding steroid dienone is 4. The van der Waals surface area contributed by atoms with Crippen LogP contribution >= 0.6 is 0 Å². The van der Waals surface area contributed by atoms with Crippen LogP contribution in [0, 0.1) is 10.1 Å². The van der Waals surface area contributed by atoms with Gasteiger partial charge in [-0.1, -0.05) is 6.08 Å². The Morgan fingerprint density at radius 3 is 2.87 bits per heavy atom. The average molecular weight is 211 g/mol. The average Bonchev–Trinajstić information content (AvgIpc) is 2.43. The molecule has 0 aromatic rings. The van der Waals surface area contributed by atoms with Gasteiger partial charge >= 0.3 is 6.16 Å². The second-order valence-corrected chi connectivity index (χ2v) is 2.65. The molecule has 0 heterocycles. The van der Waals surface area contributed by atoms with Crippen molar-refractivity contribution in [2.45, 2.75) is 6.42 Å². The highest BCUT2D eigenvalue weighted by Gasteiger charge is 2.11. The summed E-state index contributed by atoms with van der Waals surface area (Å²) in [5.74, 6) is 0.207. The van der Waals surface area contributed by atoms with E-state index in [0.717, 1.165) is 0 Å². The quantitative estimate of drug-likeness (QED) is 0.395. The predicted molar refractivity (Wildman–Crippen MR) is 50.4 cm³/mol. The third-order valence-electron chi connectivity index (χ3n) is 1.65. The number of rotatable bonds is 2. The van der Waals surface area contributed by atoms with Crippen LogP contribution in [0.5, 0.6) is 0 Å². The maximum Gasteiger partial charge on any atom is 0.513 e. The molecule has 0 aliphatic heterocycles. The number of hydrogen-bond donors (Lipinski definition) is 0. The van der Waals surface area contributed by atoms with Gasteiger partial charge in [0, 0.05) is 6.08 Å². The Morgan fingerprint density at radius 1 is 1.53 bits per heavy atom. The van der Waals surface area contributed by atoms with Gasteiger partial charge in [-0.05, 0) is 12.2 Å². The molecule has 1 aliphatic carbocycles. The molecule has 0 bridgehead atoms. The van der Waals surface area contributed by atoms with Crippen LogP contribution in [-0.2, 0) is 9.47 Å². The number of carbonyl (C=O) groups excluding carboxylic acids is 1. The lowest BCUT2D eigenvalue weighted by Crippen LogP contribution is -2.02. The third-order valence-corrected chi connectivity index (χ3v) is 1.65. The normalized spacial score (nSPS) is 14.7. The van der Waals surface area contributed by atoms with E-state index in [-0.39, 0.29) is 17.9 Å². The molecule has 1 rings (SSSR count). The van der Waals surface area contributed by atoms with Crippen molar-refractivity contribution in [1.29, 1.82) is 0 Å². The number of carbonyl (C=O) groups is 1. The Balaban J connectivity index is 2.75. The van der Waals surface area contributed by atoms with Gasteiger partial charge in [-0.2, -0.15) is 0 Å². The monoisotopic (exact) mass is 211 g/mol. The maximum atomic E-state index is 10.7. The fraction of sp³-hybridized carbons (Fsp3) is 0.222. The van der Waals surface area contributed by atoms with Crippen molar-refractivity contribution in [3.63, 3.8) is 0 Å². The minimum Gasteiger partial charge on any atom is -0.437 e. The van der Waals surface area contributed by atoms with E-state index in [1.165, 1.54) is 31.4 Å². The van der Waals surface area contributed by atoms with Crippen LogP contribution in [0.3, 0.4) is 0 Å². The molecule has 0 aromatic carbocycles. The first-order valence-corrected chi connectivity index (χ1v) is 4.11. The van der Waals surface area contributed by atoms with Crippen molar-refractivity contribution in [2.24, 2.45) is 0 Å². The van der Waals surface area contributed by atoms with E-state index in [1.807, 2.05) is 0 Å². The molecule has 6 heteroatoms. The van der Waals surface area contributed by atoms with Crippen LogP contribution in [0.4, 0.5) is 4.79 Å². The maximum absolute atomic E-state index is 10.7. The van der Waals surface area contributed by atoms with Gasteiger partial charge in [0.05, 0.1) is 18.5 Å². The van der Waals surface area contributed by atoms with Crippen LogP contribution in [0.2, 0.25) is 0 Å². The zero-order chi connectivity index (χ0) is 11.3. The van der Waals surface area contributed by atoms with E-state index in [2.05, 4.69) is 4.74 Å². The number of nitrogens with zero attached hydrogens (tertiary/aromatic N) is 1. The molecule has 0 atom stereocenters. The Kier molecular flexibility index (Phi) is 3.61. The van der Waals surface area contributed by atoms with Crippen molar-refractivity contribution in [1.82, 2.24) is 0 Å². The van der Waals surface area contributed by atoms with Gasteiger partial charge in [0.1, 0.15) is 5.76 Å². The molecule has 0 amide bonds. The first kappa shape index (κ1) is 11.0. The molecule has 0 saturated carbocycles. The summed E-state index contributed by atoms with van der Waals surface area (Å²) in [6.45, 7) is 0. The summed E-state index contributed by atoms with van der Waals surface area (Å²) in [4.78, 5) is 20.7. The number of hydrogen-bond acceptors (Lipinski definition) is 5. The van der Waals surface area contributed by atoms with Crippen molar-refractivity contribution in [3.8, 4) is 0 Å². The molecule has 0 spiro atoms. The highest BCUT2D eigenvalue weighted by Crippen LogP contribution is 2.12. The summed E-state index contributed by atoms with van der Waals surface area (Å²) >= 11 is 0. The number of ether oxygens (including phenoxy) is 2. The molecule has 0 N–H and O–H groups in total. The summed E-state index contributed by atoms with van der Waals surface area (Å²) in [5.41, 5.74) is 0.0368. The lowest BCUT2D eigenvalue weighted by molar-refractivity contribution is -0.426. The molecule has 0 aromatic heterocycles. The van der Waals surface area contributed by atoms with Gasteiger partial charge in [-0.15, -0.1) is 0 Å². The van der Waals surface area contributed by atoms with Crippen molar-refractivity contribution in [2.75, 3.05) is 7.11 Å². The summed E-state index contributed by atoms with van der Waals surface area (Å²) in [7, 11) is 1.18. The topological polar surface area (TPSA) is 78.7 Å². The van der Waals surface area contributed by atoms with Gasteiger partial charge in [-0.25, -0.2) is 4.79 Å². The second kappa shape index (κ2) is 4.94. The smallest absolute Gasteiger partial charge is 0.437 e. The second-order valence-electron chi connectivity index (χ2n) is 2.65. The number of nitro groups is 1. The lowest BCUT2D eigenvalue weighted by Gasteiger charge is -2.00. The fourth-order valence-corrected chi connectivity index (χ4v) is 0.939. The summed E-state index contributed by atoms with van der Waals surface area (Å²) in [5, 5.41) is 10.4. The van der Waals surface area contributed by atoms with Gasteiger partial charge in [0.2, 0.25) is 5.70 Å². The first-order chi connectivity index (χ1) is 7.13. The molecule has 80 valence electrons. The molecule has 0 fully saturated rings. The molecule has 0 unspecified atom stereocenters. The Bertz CT molecular complexity index is 367. The van der Waals surface area contributed by atoms with Crippen LogP contribution in [0.15, 0.2) is 35.8 Å². The van der Waals surface area contributed by atoms with E-state index < -0.39 is 11.1 Å². The molecule has 0 saturated heterocycles. The zero-order valence-corrected chi connectivity index (χ0v) is 8.00. The standard InChI is InChI=1S/C9H9NO5/c1-14-9(11)15-8-4-2-3-7(5-6-8)10(12)13/h2,4-6H,3H2,1H3. The van der Waals surface area contributed by atoms with Crippen molar-refractivity contribution >= 4 is 6.16 Å². The highest BCUT2D eigenvalue weighted by atomic mass is 16.7. The fourth-order valence-electron chi connectivity index (χ4n) is 0.939. The van der Waals surface area contributed by atoms with Crippen molar-refractivity contribution < 1.29 is 19.2 Å². The Hall–Kier alpha value is -2.11. The molecular weight excluding hydrogens is 202 g/mol. The Labute approximate surface area is 85.6 Å². The minimum absolute atomic E-state index is 0.0368. The van der Waals surface area contributed by atoms with Crippen LogP contribution in [0.25, 0.3) is 0 Å². The molecule has 0 radical (unpaired) electrons. The van der Waals surface area contributed by atoms with Crippen LogP contribution in [-0.4, -0.2) is 18.2 Å². The summed E-state index contributed by atoms with van der Waals surface area (Å²) in [6.07, 6.45) is 4.98. The Morgan fingerprint density at radius 2 is 2.27 bits per heavy atom. The van der Waals surface area contributed by atoms with Crippen molar-refractivity contribution in [3.05, 3.63) is 45.9 Å². The van der Waals surface area contributed by atoms with Gasteiger partial charge in [0.25, 0.3) is 0 Å². The largest absolute Gasteiger partial charge is 0.513 e. The van der Waals surface area contributed by atoms with E-state index >= 15 is 0 Å². The zero-order valence-electron chi connectivity index (χ0n) is 8.00. The van der Waals surface area contributed by atoms with E-state index in [0.29, 0.717) is 0 Å². The molecule has 6 nitrogen and oxygen atoms in total. The lowest BCUT2D eigenvalue weighted by atomic mass is 10.3. The van der Waals surface area contributed by atoms with Gasteiger partial charge in [-0.3, -0.25) is 10.1 Å². The van der Waals surface area contributed by atoms with Gasteiger partial charge in [0.15, 0.2) is 0 Å². The molecular formula is C9H9NO5. The van der Waals surface area contributed by atoms with Gasteiger partial charge < -0.3 is 9.47 Å².